The molecular weight excluding hydrogens is 428 g/mol. The molecule has 164 valence electrons. The second-order valence-corrected chi connectivity index (χ2v) is 9.60. The predicted octanol–water partition coefficient (Wildman–Crippen LogP) is 2.65. The maximum absolute atomic E-state index is 13.4. The van der Waals surface area contributed by atoms with Crippen LogP contribution in [-0.4, -0.2) is 43.1 Å². The van der Waals surface area contributed by atoms with Crippen LogP contribution < -0.4 is 10.5 Å². The van der Waals surface area contributed by atoms with Gasteiger partial charge < -0.3 is 9.64 Å². The van der Waals surface area contributed by atoms with Gasteiger partial charge in [-0.3, -0.25) is 9.20 Å². The summed E-state index contributed by atoms with van der Waals surface area (Å²) < 4.78 is 33.3. The molecule has 1 saturated heterocycles. The van der Waals surface area contributed by atoms with E-state index >= 15 is 0 Å². The molecule has 1 fully saturated rings. The van der Waals surface area contributed by atoms with E-state index in [1.165, 1.54) is 16.5 Å². The SMILES string of the molecule is CC1CN(c2nc3ccccn3c(=O)c2/C=C(\C#N)S(=O)(=O)c2ccccc2)CC(C)O1. The number of nitriles is 1. The van der Waals surface area contributed by atoms with E-state index in [0.29, 0.717) is 24.6 Å². The fourth-order valence-corrected chi connectivity index (χ4v) is 5.00. The standard InChI is InChI=1S/C23H22N4O4S/c1-16-14-26(15-17(2)31-16)22-20(23(28)27-11-7-6-10-21(27)25-22)12-19(13-24)32(29,30)18-8-4-3-5-9-18/h3-12,16-17H,14-15H2,1-2H3/b19-12+. The van der Waals surface area contributed by atoms with E-state index in [1.807, 2.05) is 18.7 Å². The lowest BCUT2D eigenvalue weighted by molar-refractivity contribution is -0.00546. The number of nitrogens with zero attached hydrogens (tertiary/aromatic N) is 4. The molecule has 2 atom stereocenters. The summed E-state index contributed by atoms with van der Waals surface area (Å²) in [6.07, 6.45) is 2.50. The Morgan fingerprint density at radius 3 is 2.44 bits per heavy atom. The molecule has 2 aromatic heterocycles. The molecule has 0 aliphatic carbocycles. The smallest absolute Gasteiger partial charge is 0.267 e. The molecule has 8 nitrogen and oxygen atoms in total. The predicted molar refractivity (Wildman–Crippen MR) is 121 cm³/mol. The number of rotatable bonds is 4. The third-order valence-electron chi connectivity index (χ3n) is 5.20. The first-order chi connectivity index (χ1) is 15.3. The number of ether oxygens (including phenoxy) is 1. The fourth-order valence-electron chi connectivity index (χ4n) is 3.84. The van der Waals surface area contributed by atoms with Gasteiger partial charge in [0.25, 0.3) is 5.56 Å². The van der Waals surface area contributed by atoms with Crippen LogP contribution >= 0.6 is 0 Å². The van der Waals surface area contributed by atoms with Crippen LogP contribution in [0.5, 0.6) is 0 Å². The van der Waals surface area contributed by atoms with Crippen molar-refractivity contribution in [2.45, 2.75) is 31.0 Å². The van der Waals surface area contributed by atoms with Crippen LogP contribution in [0, 0.1) is 11.3 Å². The highest BCUT2D eigenvalue weighted by atomic mass is 32.2. The first-order valence-electron chi connectivity index (χ1n) is 10.1. The van der Waals surface area contributed by atoms with Crippen molar-refractivity contribution in [3.05, 3.63) is 75.6 Å². The van der Waals surface area contributed by atoms with Crippen molar-refractivity contribution in [3.8, 4) is 6.07 Å². The van der Waals surface area contributed by atoms with Gasteiger partial charge in [0.2, 0.25) is 9.84 Å². The third kappa shape index (κ3) is 4.02. The zero-order valence-electron chi connectivity index (χ0n) is 17.7. The average Bonchev–Trinajstić information content (AvgIpc) is 2.78. The van der Waals surface area contributed by atoms with Gasteiger partial charge in [-0.2, -0.15) is 5.26 Å². The van der Waals surface area contributed by atoms with Crippen LogP contribution in [-0.2, 0) is 14.6 Å². The minimum Gasteiger partial charge on any atom is -0.372 e. The maximum atomic E-state index is 13.4. The van der Waals surface area contributed by atoms with Crippen LogP contribution in [0.1, 0.15) is 19.4 Å². The number of allylic oxidation sites excluding steroid dienone is 1. The van der Waals surface area contributed by atoms with E-state index in [2.05, 4.69) is 4.98 Å². The second kappa shape index (κ2) is 8.57. The number of hydrogen-bond acceptors (Lipinski definition) is 7. The van der Waals surface area contributed by atoms with Crippen molar-refractivity contribution in [1.82, 2.24) is 9.38 Å². The Labute approximate surface area is 185 Å². The van der Waals surface area contributed by atoms with Gasteiger partial charge in [-0.1, -0.05) is 24.3 Å². The molecule has 1 aliphatic rings. The monoisotopic (exact) mass is 450 g/mol. The number of morpholine rings is 1. The fraction of sp³-hybridized carbons (Fsp3) is 0.261. The summed E-state index contributed by atoms with van der Waals surface area (Å²) in [7, 11) is -4.11. The summed E-state index contributed by atoms with van der Waals surface area (Å²) >= 11 is 0. The largest absolute Gasteiger partial charge is 0.372 e. The number of sulfone groups is 1. The molecule has 9 heteroatoms. The Bertz CT molecular complexity index is 1380. The molecule has 3 heterocycles. The summed E-state index contributed by atoms with van der Waals surface area (Å²) in [5.41, 5.74) is 0.0281. The Hall–Kier alpha value is -3.48. The van der Waals surface area contributed by atoms with Gasteiger partial charge >= 0.3 is 0 Å². The molecule has 2 unspecified atom stereocenters. The summed E-state index contributed by atoms with van der Waals surface area (Å²) in [6, 6.07) is 14.6. The molecule has 0 N–H and O–H groups in total. The number of benzene rings is 1. The number of pyridine rings is 1. The topological polar surface area (TPSA) is 105 Å². The van der Waals surface area contributed by atoms with Crippen LogP contribution in [0.25, 0.3) is 11.7 Å². The van der Waals surface area contributed by atoms with E-state index in [0.717, 1.165) is 6.08 Å². The second-order valence-electron chi connectivity index (χ2n) is 7.68. The quantitative estimate of drug-likeness (QED) is 0.563. The average molecular weight is 451 g/mol. The van der Waals surface area contributed by atoms with Crippen LogP contribution in [0.3, 0.4) is 0 Å². The molecule has 4 rings (SSSR count). The molecule has 0 amide bonds. The number of fused-ring (bicyclic) bond motifs is 1. The van der Waals surface area contributed by atoms with Gasteiger partial charge in [0.1, 0.15) is 22.4 Å². The van der Waals surface area contributed by atoms with E-state index in [9.17, 15) is 18.5 Å². The zero-order chi connectivity index (χ0) is 22.9. The van der Waals surface area contributed by atoms with Gasteiger partial charge in [0, 0.05) is 19.3 Å². The lowest BCUT2D eigenvalue weighted by Crippen LogP contribution is -2.46. The molecule has 0 saturated carbocycles. The number of aromatic nitrogens is 2. The minimum absolute atomic E-state index is 0.0168. The molecule has 1 aromatic carbocycles. The Morgan fingerprint density at radius 2 is 1.78 bits per heavy atom. The van der Waals surface area contributed by atoms with Crippen LogP contribution in [0.4, 0.5) is 5.82 Å². The molecule has 32 heavy (non-hydrogen) atoms. The van der Waals surface area contributed by atoms with Gasteiger partial charge in [0.05, 0.1) is 22.7 Å². The molecule has 0 spiro atoms. The van der Waals surface area contributed by atoms with Crippen LogP contribution in [0.15, 0.2) is 69.3 Å². The Kier molecular flexibility index (Phi) is 5.82. The summed E-state index contributed by atoms with van der Waals surface area (Å²) in [5.74, 6) is 0.333. The number of anilines is 1. The summed E-state index contributed by atoms with van der Waals surface area (Å²) in [5, 5.41) is 9.71. The van der Waals surface area contributed by atoms with Crippen molar-refractivity contribution in [2.24, 2.45) is 0 Å². The maximum Gasteiger partial charge on any atom is 0.267 e. The summed E-state index contributed by atoms with van der Waals surface area (Å²) in [4.78, 5) is 19.4. The van der Waals surface area contributed by atoms with Gasteiger partial charge in [-0.05, 0) is 44.2 Å². The van der Waals surface area contributed by atoms with E-state index in [1.54, 1.807) is 48.7 Å². The highest BCUT2D eigenvalue weighted by molar-refractivity contribution is 7.95. The summed E-state index contributed by atoms with van der Waals surface area (Å²) in [6.45, 7) is 4.81. The van der Waals surface area contributed by atoms with Crippen molar-refractivity contribution in [1.29, 1.82) is 5.26 Å². The minimum atomic E-state index is -4.11. The van der Waals surface area contributed by atoms with Crippen molar-refractivity contribution in [3.63, 3.8) is 0 Å². The lowest BCUT2D eigenvalue weighted by Gasteiger charge is -2.36. The van der Waals surface area contributed by atoms with E-state index in [-0.39, 0.29) is 22.7 Å². The molecule has 1 aliphatic heterocycles. The van der Waals surface area contributed by atoms with Gasteiger partial charge in [-0.25, -0.2) is 13.4 Å². The first-order valence-corrected chi connectivity index (χ1v) is 11.6. The van der Waals surface area contributed by atoms with E-state index < -0.39 is 20.3 Å². The first kappa shape index (κ1) is 21.7. The molecular formula is C23H22N4O4S. The Morgan fingerprint density at radius 1 is 1.12 bits per heavy atom. The van der Waals surface area contributed by atoms with Crippen molar-refractivity contribution >= 4 is 27.4 Å². The van der Waals surface area contributed by atoms with Crippen molar-refractivity contribution < 1.29 is 13.2 Å². The van der Waals surface area contributed by atoms with E-state index in [4.69, 9.17) is 4.74 Å². The lowest BCUT2D eigenvalue weighted by atomic mass is 10.2. The third-order valence-corrected chi connectivity index (χ3v) is 6.88. The molecule has 0 bridgehead atoms. The highest BCUT2D eigenvalue weighted by Crippen LogP contribution is 2.26. The Balaban J connectivity index is 1.95. The normalized spacial score (nSPS) is 19.7. The molecule has 0 radical (unpaired) electrons. The highest BCUT2D eigenvalue weighted by Gasteiger charge is 2.28. The number of hydrogen-bond donors (Lipinski definition) is 0. The molecule has 3 aromatic rings. The van der Waals surface area contributed by atoms with Gasteiger partial charge in [-0.15, -0.1) is 0 Å². The van der Waals surface area contributed by atoms with Crippen LogP contribution in [0.2, 0.25) is 0 Å². The van der Waals surface area contributed by atoms with Gasteiger partial charge in [0.15, 0.2) is 0 Å². The van der Waals surface area contributed by atoms with Crippen molar-refractivity contribution in [2.75, 3.05) is 18.0 Å². The zero-order valence-corrected chi connectivity index (χ0v) is 18.5.